The Morgan fingerprint density at radius 2 is 1.73 bits per heavy atom. The standard InChI is InChI=1S/C19H16Cl2N4O/c1-11-4-3-5-17(12(11)2)25-18(26)13-9-22-19(23-10-13)24-14-6-7-15(20)16(21)8-14/h3-10H,1-2H3,(H,25,26)(H,22,23,24). The van der Waals surface area contributed by atoms with Gasteiger partial charge in [-0.15, -0.1) is 0 Å². The van der Waals surface area contributed by atoms with Gasteiger partial charge in [0.1, 0.15) is 0 Å². The van der Waals surface area contributed by atoms with Gasteiger partial charge in [0.2, 0.25) is 5.95 Å². The molecule has 0 fully saturated rings. The van der Waals surface area contributed by atoms with Gasteiger partial charge in [0.15, 0.2) is 0 Å². The third-order valence-electron chi connectivity index (χ3n) is 3.94. The van der Waals surface area contributed by atoms with Crippen molar-refractivity contribution in [2.75, 3.05) is 10.6 Å². The number of aromatic nitrogens is 2. The molecule has 1 amide bonds. The molecule has 0 saturated heterocycles. The molecule has 26 heavy (non-hydrogen) atoms. The third kappa shape index (κ3) is 4.12. The second-order valence-electron chi connectivity index (χ2n) is 5.75. The number of hydrogen-bond donors (Lipinski definition) is 2. The van der Waals surface area contributed by atoms with Crippen LogP contribution in [0.1, 0.15) is 21.5 Å². The predicted octanol–water partition coefficient (Wildman–Crippen LogP) is 5.40. The lowest BCUT2D eigenvalue weighted by molar-refractivity contribution is 0.102. The molecule has 0 unspecified atom stereocenters. The van der Waals surface area contributed by atoms with E-state index in [2.05, 4.69) is 20.6 Å². The largest absolute Gasteiger partial charge is 0.324 e. The summed E-state index contributed by atoms with van der Waals surface area (Å²) >= 11 is 11.9. The van der Waals surface area contributed by atoms with E-state index in [0.29, 0.717) is 27.2 Å². The molecule has 0 aliphatic carbocycles. The highest BCUT2D eigenvalue weighted by Gasteiger charge is 2.10. The molecule has 5 nitrogen and oxygen atoms in total. The summed E-state index contributed by atoms with van der Waals surface area (Å²) in [5.74, 6) is 0.0893. The highest BCUT2D eigenvalue weighted by molar-refractivity contribution is 6.42. The maximum absolute atomic E-state index is 12.4. The van der Waals surface area contributed by atoms with Crippen LogP contribution in [0.2, 0.25) is 10.0 Å². The Labute approximate surface area is 161 Å². The summed E-state index contributed by atoms with van der Waals surface area (Å²) < 4.78 is 0. The number of rotatable bonds is 4. The first kappa shape index (κ1) is 18.2. The second kappa shape index (κ2) is 7.72. The molecular weight excluding hydrogens is 371 g/mol. The highest BCUT2D eigenvalue weighted by Crippen LogP contribution is 2.26. The monoisotopic (exact) mass is 386 g/mol. The van der Waals surface area contributed by atoms with Crippen molar-refractivity contribution in [2.24, 2.45) is 0 Å². The van der Waals surface area contributed by atoms with Gasteiger partial charge in [-0.3, -0.25) is 4.79 Å². The fraction of sp³-hybridized carbons (Fsp3) is 0.105. The minimum atomic E-state index is -0.264. The van der Waals surface area contributed by atoms with Crippen LogP contribution >= 0.6 is 23.2 Å². The molecular formula is C19H16Cl2N4O. The molecule has 2 aromatic carbocycles. The van der Waals surface area contributed by atoms with E-state index in [1.165, 1.54) is 12.4 Å². The summed E-state index contributed by atoms with van der Waals surface area (Å²) in [4.78, 5) is 20.7. The zero-order valence-corrected chi connectivity index (χ0v) is 15.7. The van der Waals surface area contributed by atoms with Gasteiger partial charge in [-0.1, -0.05) is 35.3 Å². The quantitative estimate of drug-likeness (QED) is 0.629. The normalized spacial score (nSPS) is 10.5. The summed E-state index contributed by atoms with van der Waals surface area (Å²) in [7, 11) is 0. The van der Waals surface area contributed by atoms with Crippen molar-refractivity contribution in [1.82, 2.24) is 9.97 Å². The summed E-state index contributed by atoms with van der Waals surface area (Å²) in [6.07, 6.45) is 2.93. The molecule has 0 atom stereocenters. The van der Waals surface area contributed by atoms with Crippen molar-refractivity contribution in [3.05, 3.63) is 75.5 Å². The topological polar surface area (TPSA) is 66.9 Å². The number of nitrogens with one attached hydrogen (secondary N) is 2. The van der Waals surface area contributed by atoms with Gasteiger partial charge < -0.3 is 10.6 Å². The number of carbonyl (C=O) groups is 1. The Morgan fingerprint density at radius 1 is 1.00 bits per heavy atom. The molecule has 0 spiro atoms. The molecule has 7 heteroatoms. The van der Waals surface area contributed by atoms with Crippen molar-refractivity contribution in [1.29, 1.82) is 0 Å². The van der Waals surface area contributed by atoms with Crippen LogP contribution in [0.15, 0.2) is 48.8 Å². The molecule has 0 aliphatic rings. The van der Waals surface area contributed by atoms with Crippen molar-refractivity contribution >= 4 is 46.4 Å². The van der Waals surface area contributed by atoms with Gasteiger partial charge in [0, 0.05) is 23.8 Å². The molecule has 0 radical (unpaired) electrons. The Balaban J connectivity index is 1.71. The van der Waals surface area contributed by atoms with Crippen LogP contribution in [0.5, 0.6) is 0 Å². The Bertz CT molecular complexity index is 958. The molecule has 2 N–H and O–H groups in total. The Hall–Kier alpha value is -2.63. The maximum Gasteiger partial charge on any atom is 0.258 e. The van der Waals surface area contributed by atoms with Crippen molar-refractivity contribution < 1.29 is 4.79 Å². The smallest absolute Gasteiger partial charge is 0.258 e. The summed E-state index contributed by atoms with van der Waals surface area (Å²) in [6, 6.07) is 10.9. The first-order valence-corrected chi connectivity index (χ1v) is 8.61. The first-order chi connectivity index (χ1) is 12.4. The van der Waals surface area contributed by atoms with E-state index in [4.69, 9.17) is 23.2 Å². The number of nitrogens with zero attached hydrogens (tertiary/aromatic N) is 2. The lowest BCUT2D eigenvalue weighted by Gasteiger charge is -2.10. The molecule has 0 bridgehead atoms. The highest BCUT2D eigenvalue weighted by atomic mass is 35.5. The Kier molecular flexibility index (Phi) is 5.40. The van der Waals surface area contributed by atoms with Crippen molar-refractivity contribution in [2.45, 2.75) is 13.8 Å². The van der Waals surface area contributed by atoms with E-state index in [-0.39, 0.29) is 5.91 Å². The molecule has 3 aromatic rings. The molecule has 132 valence electrons. The van der Waals surface area contributed by atoms with Crippen LogP contribution in [0.4, 0.5) is 17.3 Å². The first-order valence-electron chi connectivity index (χ1n) is 7.86. The van der Waals surface area contributed by atoms with Gasteiger partial charge in [-0.05, 0) is 49.2 Å². The van der Waals surface area contributed by atoms with Gasteiger partial charge in [0.25, 0.3) is 5.91 Å². The number of amides is 1. The minimum absolute atomic E-state index is 0.264. The average molecular weight is 387 g/mol. The summed E-state index contributed by atoms with van der Waals surface area (Å²) in [6.45, 7) is 3.96. The summed E-state index contributed by atoms with van der Waals surface area (Å²) in [5.41, 5.74) is 3.98. The van der Waals surface area contributed by atoms with E-state index < -0.39 is 0 Å². The maximum atomic E-state index is 12.4. The predicted molar refractivity (Wildman–Crippen MR) is 106 cm³/mol. The average Bonchev–Trinajstić information content (AvgIpc) is 2.63. The van der Waals surface area contributed by atoms with Gasteiger partial charge in [0.05, 0.1) is 15.6 Å². The second-order valence-corrected chi connectivity index (χ2v) is 6.57. The zero-order chi connectivity index (χ0) is 18.7. The molecule has 3 rings (SSSR count). The van der Waals surface area contributed by atoms with Crippen LogP contribution < -0.4 is 10.6 Å². The lowest BCUT2D eigenvalue weighted by atomic mass is 10.1. The van der Waals surface area contributed by atoms with Crippen LogP contribution in [0.3, 0.4) is 0 Å². The number of carbonyl (C=O) groups excluding carboxylic acids is 1. The third-order valence-corrected chi connectivity index (χ3v) is 4.68. The fourth-order valence-corrected chi connectivity index (χ4v) is 2.59. The van der Waals surface area contributed by atoms with Gasteiger partial charge in [-0.25, -0.2) is 9.97 Å². The number of anilines is 3. The van der Waals surface area contributed by atoms with Gasteiger partial charge >= 0.3 is 0 Å². The minimum Gasteiger partial charge on any atom is -0.324 e. The molecule has 0 aliphatic heterocycles. The van der Waals surface area contributed by atoms with Crippen LogP contribution in [-0.4, -0.2) is 15.9 Å². The van der Waals surface area contributed by atoms with E-state index in [1.54, 1.807) is 18.2 Å². The van der Waals surface area contributed by atoms with E-state index >= 15 is 0 Å². The van der Waals surface area contributed by atoms with Crippen molar-refractivity contribution in [3.63, 3.8) is 0 Å². The van der Waals surface area contributed by atoms with Gasteiger partial charge in [-0.2, -0.15) is 0 Å². The van der Waals surface area contributed by atoms with Crippen LogP contribution in [0.25, 0.3) is 0 Å². The van der Waals surface area contributed by atoms with E-state index in [9.17, 15) is 4.79 Å². The molecule has 1 aromatic heterocycles. The number of halogens is 2. The Morgan fingerprint density at radius 3 is 2.42 bits per heavy atom. The molecule has 0 saturated carbocycles. The van der Waals surface area contributed by atoms with Crippen LogP contribution in [-0.2, 0) is 0 Å². The number of hydrogen-bond acceptors (Lipinski definition) is 4. The number of aryl methyl sites for hydroxylation is 1. The van der Waals surface area contributed by atoms with E-state index in [0.717, 1.165) is 16.8 Å². The van der Waals surface area contributed by atoms with Crippen LogP contribution in [0, 0.1) is 13.8 Å². The number of benzene rings is 2. The van der Waals surface area contributed by atoms with E-state index in [1.807, 2.05) is 32.0 Å². The fourth-order valence-electron chi connectivity index (χ4n) is 2.29. The lowest BCUT2D eigenvalue weighted by Crippen LogP contribution is -2.14. The molecule has 1 heterocycles. The SMILES string of the molecule is Cc1cccc(NC(=O)c2cnc(Nc3ccc(Cl)c(Cl)c3)nc2)c1C. The van der Waals surface area contributed by atoms with Crippen molar-refractivity contribution in [3.8, 4) is 0 Å². The zero-order valence-electron chi connectivity index (χ0n) is 14.2. The summed E-state index contributed by atoms with van der Waals surface area (Å²) in [5, 5.41) is 6.79.